The van der Waals surface area contributed by atoms with Gasteiger partial charge in [-0.05, 0) is 36.8 Å². The lowest BCUT2D eigenvalue weighted by molar-refractivity contribution is -0.119. The summed E-state index contributed by atoms with van der Waals surface area (Å²) in [5.74, 6) is -1.90. The third-order valence-corrected chi connectivity index (χ3v) is 4.69. The highest BCUT2D eigenvalue weighted by molar-refractivity contribution is 7.92. The Morgan fingerprint density at radius 1 is 1.19 bits per heavy atom. The van der Waals surface area contributed by atoms with E-state index >= 15 is 0 Å². The van der Waals surface area contributed by atoms with Crippen molar-refractivity contribution >= 4 is 21.6 Å². The quantitative estimate of drug-likeness (QED) is 0.741. The number of nitrogens with one attached hydrogen (secondary N) is 1. The van der Waals surface area contributed by atoms with Gasteiger partial charge < -0.3 is 10.1 Å². The van der Waals surface area contributed by atoms with Crippen molar-refractivity contribution in [3.05, 3.63) is 59.7 Å². The molecule has 0 heterocycles. The fourth-order valence-corrected chi connectivity index (χ4v) is 3.22. The Kier molecular flexibility index (Phi) is 6.73. The van der Waals surface area contributed by atoms with Crippen LogP contribution in [0, 0.1) is 11.6 Å². The zero-order valence-corrected chi connectivity index (χ0v) is 15.7. The molecular formula is C18H20F2N2O4S. The van der Waals surface area contributed by atoms with Gasteiger partial charge in [0.2, 0.25) is 15.9 Å². The highest BCUT2D eigenvalue weighted by Crippen LogP contribution is 2.22. The number of anilines is 1. The Morgan fingerprint density at radius 3 is 2.56 bits per heavy atom. The maximum absolute atomic E-state index is 14.0. The molecule has 0 radical (unpaired) electrons. The van der Waals surface area contributed by atoms with Crippen LogP contribution in [0.5, 0.6) is 5.75 Å². The number of hydrogen-bond donors (Lipinski definition) is 1. The SMILES string of the molecule is CCOc1cccc(CNC(=O)CN(c2ccc(F)cc2F)S(C)(=O)=O)c1. The first kappa shape index (κ1) is 20.6. The van der Waals surface area contributed by atoms with Crippen LogP contribution in [0.2, 0.25) is 0 Å². The number of ether oxygens (including phenoxy) is 1. The van der Waals surface area contributed by atoms with Crippen LogP contribution in [-0.4, -0.2) is 33.7 Å². The van der Waals surface area contributed by atoms with Crippen LogP contribution >= 0.6 is 0 Å². The summed E-state index contributed by atoms with van der Waals surface area (Å²) in [5, 5.41) is 2.57. The van der Waals surface area contributed by atoms with E-state index in [0.29, 0.717) is 22.7 Å². The number of hydrogen-bond acceptors (Lipinski definition) is 4. The van der Waals surface area contributed by atoms with E-state index in [4.69, 9.17) is 4.74 Å². The van der Waals surface area contributed by atoms with Crippen molar-refractivity contribution in [2.75, 3.05) is 23.7 Å². The molecule has 1 N–H and O–H groups in total. The average Bonchev–Trinajstić information content (AvgIpc) is 2.58. The maximum atomic E-state index is 14.0. The van der Waals surface area contributed by atoms with E-state index in [1.807, 2.05) is 6.92 Å². The minimum absolute atomic E-state index is 0.142. The van der Waals surface area contributed by atoms with E-state index in [1.165, 1.54) is 0 Å². The summed E-state index contributed by atoms with van der Waals surface area (Å²) >= 11 is 0. The van der Waals surface area contributed by atoms with E-state index in [9.17, 15) is 22.0 Å². The van der Waals surface area contributed by atoms with Gasteiger partial charge in [-0.1, -0.05) is 12.1 Å². The predicted molar refractivity (Wildman–Crippen MR) is 98.0 cm³/mol. The van der Waals surface area contributed by atoms with Gasteiger partial charge in [-0.15, -0.1) is 0 Å². The molecule has 1 amide bonds. The van der Waals surface area contributed by atoms with E-state index in [1.54, 1.807) is 24.3 Å². The molecule has 0 saturated heterocycles. The Hall–Kier alpha value is -2.68. The predicted octanol–water partition coefficient (Wildman–Crippen LogP) is 2.45. The number of nitrogens with zero attached hydrogens (tertiary/aromatic N) is 1. The summed E-state index contributed by atoms with van der Waals surface area (Å²) in [6, 6.07) is 9.53. The van der Waals surface area contributed by atoms with Crippen LogP contribution in [0.15, 0.2) is 42.5 Å². The van der Waals surface area contributed by atoms with Gasteiger partial charge in [0, 0.05) is 12.6 Å². The second-order valence-electron chi connectivity index (χ2n) is 5.72. The lowest BCUT2D eigenvalue weighted by Crippen LogP contribution is -2.40. The van der Waals surface area contributed by atoms with Gasteiger partial charge in [0.1, 0.15) is 23.9 Å². The first-order valence-corrected chi connectivity index (χ1v) is 9.96. The van der Waals surface area contributed by atoms with E-state index in [0.717, 1.165) is 24.0 Å². The largest absolute Gasteiger partial charge is 0.494 e. The number of carbonyl (C=O) groups excluding carboxylic acids is 1. The van der Waals surface area contributed by atoms with Gasteiger partial charge in [-0.25, -0.2) is 17.2 Å². The Morgan fingerprint density at radius 2 is 1.93 bits per heavy atom. The van der Waals surface area contributed by atoms with Crippen molar-refractivity contribution in [3.63, 3.8) is 0 Å². The summed E-state index contributed by atoms with van der Waals surface area (Å²) in [6.07, 6.45) is 0.842. The van der Waals surface area contributed by atoms with Gasteiger partial charge in [0.15, 0.2) is 0 Å². The minimum atomic E-state index is -3.96. The molecule has 9 heteroatoms. The first-order valence-electron chi connectivity index (χ1n) is 8.12. The standard InChI is InChI=1S/C18H20F2N2O4S/c1-3-26-15-6-4-5-13(9-15)11-21-18(23)12-22(27(2,24)25)17-8-7-14(19)10-16(17)20/h4-10H,3,11-12H2,1-2H3,(H,21,23). The van der Waals surface area contributed by atoms with Gasteiger partial charge in [0.25, 0.3) is 0 Å². The van der Waals surface area contributed by atoms with Crippen LogP contribution < -0.4 is 14.4 Å². The lowest BCUT2D eigenvalue weighted by Gasteiger charge is -2.22. The van der Waals surface area contributed by atoms with Gasteiger partial charge in [-0.3, -0.25) is 9.10 Å². The molecule has 0 atom stereocenters. The fraction of sp³-hybridized carbons (Fsp3) is 0.278. The molecule has 0 aliphatic heterocycles. The molecule has 0 fully saturated rings. The van der Waals surface area contributed by atoms with E-state index < -0.39 is 39.8 Å². The summed E-state index contributed by atoms with van der Waals surface area (Å²) in [5.41, 5.74) is 0.362. The molecule has 2 rings (SSSR count). The van der Waals surface area contributed by atoms with E-state index in [-0.39, 0.29) is 6.54 Å². The third kappa shape index (κ3) is 5.92. The molecule has 0 spiro atoms. The molecule has 0 bridgehead atoms. The monoisotopic (exact) mass is 398 g/mol. The number of carbonyl (C=O) groups is 1. The zero-order valence-electron chi connectivity index (χ0n) is 14.9. The number of rotatable bonds is 8. The first-order chi connectivity index (χ1) is 12.7. The highest BCUT2D eigenvalue weighted by atomic mass is 32.2. The van der Waals surface area contributed by atoms with Crippen LogP contribution in [0.4, 0.5) is 14.5 Å². The van der Waals surface area contributed by atoms with Gasteiger partial charge in [0.05, 0.1) is 18.6 Å². The molecule has 2 aromatic rings. The van der Waals surface area contributed by atoms with Crippen LogP contribution in [0.25, 0.3) is 0 Å². The minimum Gasteiger partial charge on any atom is -0.494 e. The molecular weight excluding hydrogens is 378 g/mol. The molecule has 2 aromatic carbocycles. The third-order valence-electron chi connectivity index (χ3n) is 3.57. The molecule has 0 aliphatic rings. The number of amides is 1. The summed E-state index contributed by atoms with van der Waals surface area (Å²) in [6.45, 7) is 1.86. The smallest absolute Gasteiger partial charge is 0.241 e. The van der Waals surface area contributed by atoms with Crippen molar-refractivity contribution in [2.24, 2.45) is 0 Å². The topological polar surface area (TPSA) is 75.7 Å². The number of halogens is 2. The van der Waals surface area contributed by atoms with Crippen molar-refractivity contribution in [2.45, 2.75) is 13.5 Å². The van der Waals surface area contributed by atoms with Crippen molar-refractivity contribution in [3.8, 4) is 5.75 Å². The summed E-state index contributed by atoms with van der Waals surface area (Å²) < 4.78 is 56.9. The molecule has 0 saturated carbocycles. The molecule has 0 aromatic heterocycles. The highest BCUT2D eigenvalue weighted by Gasteiger charge is 2.23. The zero-order chi connectivity index (χ0) is 20.0. The Bertz CT molecular complexity index is 919. The van der Waals surface area contributed by atoms with Crippen LogP contribution in [0.3, 0.4) is 0 Å². The maximum Gasteiger partial charge on any atom is 0.241 e. The molecule has 0 unspecified atom stereocenters. The van der Waals surface area contributed by atoms with Crippen LogP contribution in [0.1, 0.15) is 12.5 Å². The normalized spacial score (nSPS) is 11.1. The van der Waals surface area contributed by atoms with Crippen LogP contribution in [-0.2, 0) is 21.4 Å². The van der Waals surface area contributed by atoms with Gasteiger partial charge >= 0.3 is 0 Å². The second kappa shape index (κ2) is 8.81. The van der Waals surface area contributed by atoms with Crippen molar-refractivity contribution < 1.29 is 26.7 Å². The molecule has 0 aliphatic carbocycles. The molecule has 146 valence electrons. The van der Waals surface area contributed by atoms with Crippen molar-refractivity contribution in [1.82, 2.24) is 5.32 Å². The van der Waals surface area contributed by atoms with Crippen molar-refractivity contribution in [1.29, 1.82) is 0 Å². The summed E-state index contributed by atoms with van der Waals surface area (Å²) in [7, 11) is -3.96. The molecule has 6 nitrogen and oxygen atoms in total. The Balaban J connectivity index is 2.09. The second-order valence-corrected chi connectivity index (χ2v) is 7.63. The van der Waals surface area contributed by atoms with E-state index in [2.05, 4.69) is 5.32 Å². The lowest BCUT2D eigenvalue weighted by atomic mass is 10.2. The van der Waals surface area contributed by atoms with Gasteiger partial charge in [-0.2, -0.15) is 0 Å². The molecule has 27 heavy (non-hydrogen) atoms. The average molecular weight is 398 g/mol. The number of sulfonamides is 1. The number of benzene rings is 2. The summed E-state index contributed by atoms with van der Waals surface area (Å²) in [4.78, 5) is 12.2. The fourth-order valence-electron chi connectivity index (χ4n) is 2.36. The Labute approximate surface area is 156 Å².